The van der Waals surface area contributed by atoms with Crippen LogP contribution in [0.15, 0.2) is 0 Å². The van der Waals surface area contributed by atoms with E-state index in [-0.39, 0.29) is 5.91 Å². The van der Waals surface area contributed by atoms with Crippen molar-refractivity contribution < 1.29 is 4.79 Å². The zero-order valence-electron chi connectivity index (χ0n) is 5.64. The lowest BCUT2D eigenvalue weighted by Gasteiger charge is -2.11. The van der Waals surface area contributed by atoms with Gasteiger partial charge in [0.05, 0.1) is 0 Å². The summed E-state index contributed by atoms with van der Waals surface area (Å²) in [6, 6.07) is 0.507. The molecule has 1 heterocycles. The van der Waals surface area contributed by atoms with Crippen molar-refractivity contribution in [3.05, 3.63) is 0 Å². The van der Waals surface area contributed by atoms with Gasteiger partial charge in [0.1, 0.15) is 0 Å². The SMILES string of the molecule is O=C1CC2CC[C@@H](I)C2N1. The van der Waals surface area contributed by atoms with E-state index in [4.69, 9.17) is 0 Å². The second kappa shape index (κ2) is 2.36. The number of carbonyl (C=O) groups is 1. The van der Waals surface area contributed by atoms with Gasteiger partial charge in [0, 0.05) is 16.4 Å². The van der Waals surface area contributed by atoms with Crippen molar-refractivity contribution >= 4 is 28.5 Å². The number of rotatable bonds is 0. The number of hydrogen-bond donors (Lipinski definition) is 1. The van der Waals surface area contributed by atoms with Gasteiger partial charge < -0.3 is 5.32 Å². The molecule has 2 rings (SSSR count). The van der Waals surface area contributed by atoms with E-state index in [1.54, 1.807) is 0 Å². The van der Waals surface area contributed by atoms with E-state index in [0.717, 1.165) is 6.42 Å². The first-order chi connectivity index (χ1) is 4.77. The molecule has 0 aromatic rings. The molecule has 2 nitrogen and oxygen atoms in total. The minimum atomic E-state index is 0.261. The standard InChI is InChI=1S/C7H10INO/c8-5-2-1-4-3-6(10)9-7(4)5/h4-5,7H,1-3H2,(H,9,10)/t4?,5-,7?/m1/s1. The highest BCUT2D eigenvalue weighted by Gasteiger charge is 2.41. The molecular weight excluding hydrogens is 241 g/mol. The number of nitrogens with one attached hydrogen (secondary N) is 1. The van der Waals surface area contributed by atoms with Crippen molar-refractivity contribution in [1.29, 1.82) is 0 Å². The Morgan fingerprint density at radius 1 is 1.50 bits per heavy atom. The highest BCUT2D eigenvalue weighted by molar-refractivity contribution is 14.1. The molecule has 3 heteroatoms. The Labute approximate surface area is 73.9 Å². The first-order valence-corrected chi connectivity index (χ1v) is 4.95. The van der Waals surface area contributed by atoms with E-state index in [1.807, 2.05) is 0 Å². The van der Waals surface area contributed by atoms with Crippen LogP contribution in [0, 0.1) is 5.92 Å². The molecule has 0 spiro atoms. The molecule has 3 atom stereocenters. The van der Waals surface area contributed by atoms with Crippen LogP contribution in [0.4, 0.5) is 0 Å². The van der Waals surface area contributed by atoms with E-state index in [0.29, 0.717) is 15.9 Å². The first kappa shape index (κ1) is 6.88. The maximum Gasteiger partial charge on any atom is 0.220 e. The zero-order valence-corrected chi connectivity index (χ0v) is 7.80. The normalized spacial score (nSPS) is 45.3. The summed E-state index contributed by atoms with van der Waals surface area (Å²) in [5.74, 6) is 0.922. The van der Waals surface area contributed by atoms with E-state index < -0.39 is 0 Å². The third-order valence-electron chi connectivity index (χ3n) is 2.49. The third kappa shape index (κ3) is 0.946. The van der Waals surface area contributed by atoms with Crippen LogP contribution in [0.25, 0.3) is 0 Å². The lowest BCUT2D eigenvalue weighted by molar-refractivity contribution is -0.119. The Morgan fingerprint density at radius 2 is 2.30 bits per heavy atom. The summed E-state index contributed by atoms with van der Waals surface area (Å²) < 4.78 is 0.689. The van der Waals surface area contributed by atoms with Crippen molar-refractivity contribution in [2.24, 2.45) is 5.92 Å². The van der Waals surface area contributed by atoms with Crippen LogP contribution in [0.3, 0.4) is 0 Å². The van der Waals surface area contributed by atoms with E-state index in [2.05, 4.69) is 27.9 Å². The molecule has 0 aromatic heterocycles. The van der Waals surface area contributed by atoms with Gasteiger partial charge in [0.2, 0.25) is 5.91 Å². The fourth-order valence-electron chi connectivity index (χ4n) is 1.95. The number of halogens is 1. The van der Waals surface area contributed by atoms with E-state index in [1.165, 1.54) is 12.8 Å². The second-order valence-corrected chi connectivity index (χ2v) is 4.75. The minimum absolute atomic E-state index is 0.261. The monoisotopic (exact) mass is 251 g/mol. The average molecular weight is 251 g/mol. The van der Waals surface area contributed by atoms with Gasteiger partial charge in [-0.2, -0.15) is 0 Å². The van der Waals surface area contributed by atoms with Gasteiger partial charge in [0.15, 0.2) is 0 Å². The van der Waals surface area contributed by atoms with Crippen LogP contribution in [-0.4, -0.2) is 15.9 Å². The average Bonchev–Trinajstić information content (AvgIpc) is 2.35. The fraction of sp³-hybridized carbons (Fsp3) is 0.857. The smallest absolute Gasteiger partial charge is 0.220 e. The second-order valence-electron chi connectivity index (χ2n) is 3.15. The van der Waals surface area contributed by atoms with Gasteiger partial charge in [-0.3, -0.25) is 4.79 Å². The van der Waals surface area contributed by atoms with Gasteiger partial charge in [0.25, 0.3) is 0 Å². The predicted octanol–water partition coefficient (Wildman–Crippen LogP) is 1.09. The highest BCUT2D eigenvalue weighted by Crippen LogP contribution is 2.36. The molecule has 1 N–H and O–H groups in total. The molecule has 1 saturated carbocycles. The Balaban J connectivity index is 2.12. The van der Waals surface area contributed by atoms with Gasteiger partial charge in [-0.25, -0.2) is 0 Å². The van der Waals surface area contributed by atoms with Crippen LogP contribution in [-0.2, 0) is 4.79 Å². The number of hydrogen-bond acceptors (Lipinski definition) is 1. The molecule has 10 heavy (non-hydrogen) atoms. The number of fused-ring (bicyclic) bond motifs is 1. The first-order valence-electron chi connectivity index (χ1n) is 3.71. The molecule has 2 unspecified atom stereocenters. The molecule has 1 aliphatic heterocycles. The Kier molecular flexibility index (Phi) is 1.62. The number of amides is 1. The maximum absolute atomic E-state index is 10.9. The van der Waals surface area contributed by atoms with Gasteiger partial charge in [-0.1, -0.05) is 22.6 Å². The summed E-state index contributed by atoms with van der Waals surface area (Å²) >= 11 is 2.44. The molecule has 0 radical (unpaired) electrons. The molecule has 1 aliphatic carbocycles. The summed E-state index contributed by atoms with van der Waals surface area (Å²) in [6.07, 6.45) is 3.32. The number of alkyl halides is 1. The van der Waals surface area contributed by atoms with Gasteiger partial charge >= 0.3 is 0 Å². The molecule has 1 amide bonds. The van der Waals surface area contributed by atoms with Crippen molar-refractivity contribution in [3.63, 3.8) is 0 Å². The highest BCUT2D eigenvalue weighted by atomic mass is 127. The topological polar surface area (TPSA) is 29.1 Å². The summed E-state index contributed by atoms with van der Waals surface area (Å²) in [6.45, 7) is 0. The molecule has 56 valence electrons. The van der Waals surface area contributed by atoms with Crippen LogP contribution >= 0.6 is 22.6 Å². The van der Waals surface area contributed by atoms with Gasteiger partial charge in [-0.05, 0) is 18.8 Å². The quantitative estimate of drug-likeness (QED) is 0.506. The summed E-state index contributed by atoms with van der Waals surface area (Å²) in [5, 5.41) is 3.02. The van der Waals surface area contributed by atoms with Crippen LogP contribution in [0.1, 0.15) is 19.3 Å². The summed E-state index contributed by atoms with van der Waals surface area (Å²) in [7, 11) is 0. The number of carbonyl (C=O) groups excluding carboxylic acids is 1. The van der Waals surface area contributed by atoms with Crippen LogP contribution in [0.2, 0.25) is 0 Å². The van der Waals surface area contributed by atoms with E-state index >= 15 is 0 Å². The predicted molar refractivity (Wildman–Crippen MR) is 47.1 cm³/mol. The molecular formula is C7H10INO. The Bertz CT molecular complexity index is 171. The van der Waals surface area contributed by atoms with Crippen LogP contribution in [0.5, 0.6) is 0 Å². The largest absolute Gasteiger partial charge is 0.352 e. The lowest BCUT2D eigenvalue weighted by Crippen LogP contribution is -2.32. The molecule has 0 aromatic carbocycles. The van der Waals surface area contributed by atoms with Gasteiger partial charge in [-0.15, -0.1) is 0 Å². The fourth-order valence-corrected chi connectivity index (χ4v) is 3.07. The van der Waals surface area contributed by atoms with E-state index in [9.17, 15) is 4.79 Å². The molecule has 1 saturated heterocycles. The molecule has 0 bridgehead atoms. The minimum Gasteiger partial charge on any atom is -0.352 e. The summed E-state index contributed by atoms with van der Waals surface area (Å²) in [4.78, 5) is 10.9. The maximum atomic E-state index is 10.9. The van der Waals surface area contributed by atoms with Crippen molar-refractivity contribution in [2.45, 2.75) is 29.2 Å². The van der Waals surface area contributed by atoms with Crippen molar-refractivity contribution in [3.8, 4) is 0 Å². The van der Waals surface area contributed by atoms with Crippen molar-refractivity contribution in [2.75, 3.05) is 0 Å². The zero-order chi connectivity index (χ0) is 7.14. The summed E-state index contributed by atoms with van der Waals surface area (Å²) in [5.41, 5.74) is 0. The third-order valence-corrected chi connectivity index (χ3v) is 3.88. The van der Waals surface area contributed by atoms with Crippen molar-refractivity contribution in [1.82, 2.24) is 5.32 Å². The lowest BCUT2D eigenvalue weighted by atomic mass is 10.1. The van der Waals surface area contributed by atoms with Crippen LogP contribution < -0.4 is 5.32 Å². The Hall–Kier alpha value is 0.200. The molecule has 2 fully saturated rings. The Morgan fingerprint density at radius 3 is 3.00 bits per heavy atom. The molecule has 2 aliphatic rings.